The summed E-state index contributed by atoms with van der Waals surface area (Å²) in [7, 11) is -1.03. The molecule has 0 fully saturated rings. The van der Waals surface area contributed by atoms with Crippen molar-refractivity contribution in [2.45, 2.75) is 0 Å². The molecule has 0 radical (unpaired) electrons. The van der Waals surface area contributed by atoms with Gasteiger partial charge in [0.25, 0.3) is 0 Å². The normalized spacial score (nSPS) is 13.6. The van der Waals surface area contributed by atoms with Crippen LogP contribution in [-0.2, 0) is 0 Å². The third kappa shape index (κ3) is 2.27. The fraction of sp³-hybridized carbons (Fsp3) is 0. The Hall–Kier alpha value is -1.27. The number of hydrogen-bond acceptors (Lipinski definition) is 4. The van der Waals surface area contributed by atoms with Crippen molar-refractivity contribution in [1.29, 1.82) is 0 Å². The van der Waals surface area contributed by atoms with Crippen molar-refractivity contribution in [3.63, 3.8) is 0 Å². The van der Waals surface area contributed by atoms with Gasteiger partial charge >= 0.3 is 7.05 Å². The topological polar surface area (TPSA) is 48.7 Å². The van der Waals surface area contributed by atoms with Crippen LogP contribution < -0.4 is 10.4 Å². The monoisotopic (exact) mass is 325 g/mol. The van der Waals surface area contributed by atoms with E-state index in [1.807, 2.05) is 0 Å². The van der Waals surface area contributed by atoms with Crippen molar-refractivity contribution in [2.24, 2.45) is 5.10 Å². The van der Waals surface area contributed by atoms with Gasteiger partial charge in [0.1, 0.15) is 5.15 Å². The summed E-state index contributed by atoms with van der Waals surface area (Å²) in [5, 5.41) is 15.7. The van der Waals surface area contributed by atoms with E-state index in [1.165, 1.54) is 4.92 Å². The summed E-state index contributed by atoms with van der Waals surface area (Å²) >= 11 is 17.9. The van der Waals surface area contributed by atoms with E-state index in [1.54, 1.807) is 36.7 Å². The summed E-state index contributed by atoms with van der Waals surface area (Å²) < 4.78 is 0. The number of aromatic nitrogens is 1. The number of hydrazone groups is 1. The molecule has 0 aliphatic carbocycles. The third-order valence-corrected chi connectivity index (χ3v) is 3.99. The number of fused-ring (bicyclic) bond motifs is 1. The molecule has 0 saturated heterocycles. The standard InChI is InChI=1S/C12H7BCl3N3O/c14-9-2-1-8(5-10(9)15)19-13(20)11-7(6-18-19)3-4-17-12(11)16/h1-6,20H. The molecule has 1 aliphatic heterocycles. The fourth-order valence-corrected chi connectivity index (χ4v) is 2.53. The van der Waals surface area contributed by atoms with Crippen molar-refractivity contribution in [2.75, 3.05) is 4.92 Å². The van der Waals surface area contributed by atoms with Gasteiger partial charge in [-0.1, -0.05) is 34.8 Å². The van der Waals surface area contributed by atoms with Crippen molar-refractivity contribution < 1.29 is 5.02 Å². The molecule has 0 amide bonds. The Morgan fingerprint density at radius 1 is 1.10 bits per heavy atom. The maximum Gasteiger partial charge on any atom is 0.474 e. The van der Waals surface area contributed by atoms with Gasteiger partial charge < -0.3 is 5.02 Å². The summed E-state index contributed by atoms with van der Waals surface area (Å²) in [6.45, 7) is 0. The number of pyridine rings is 1. The molecule has 3 rings (SSSR count). The Bertz CT molecular complexity index is 710. The number of hydrogen-bond donors (Lipinski definition) is 1. The Morgan fingerprint density at radius 2 is 1.90 bits per heavy atom. The Labute approximate surface area is 130 Å². The van der Waals surface area contributed by atoms with Gasteiger partial charge in [0.15, 0.2) is 0 Å². The molecule has 0 bridgehead atoms. The average molecular weight is 326 g/mol. The second-order valence-electron chi connectivity index (χ2n) is 4.17. The molecule has 4 nitrogen and oxygen atoms in total. The predicted molar refractivity (Wildman–Crippen MR) is 83.4 cm³/mol. The molecule has 0 spiro atoms. The summed E-state index contributed by atoms with van der Waals surface area (Å²) in [5.74, 6) is 0. The van der Waals surface area contributed by atoms with Crippen LogP contribution in [0.4, 0.5) is 5.69 Å². The zero-order chi connectivity index (χ0) is 14.3. The highest BCUT2D eigenvalue weighted by Crippen LogP contribution is 2.28. The average Bonchev–Trinajstić information content (AvgIpc) is 2.42. The number of anilines is 1. The van der Waals surface area contributed by atoms with Crippen LogP contribution >= 0.6 is 34.8 Å². The molecule has 1 aliphatic rings. The van der Waals surface area contributed by atoms with Gasteiger partial charge in [-0.2, -0.15) is 5.10 Å². The van der Waals surface area contributed by atoms with Crippen LogP contribution in [0.3, 0.4) is 0 Å². The molecule has 2 aromatic rings. The maximum absolute atomic E-state index is 10.4. The van der Waals surface area contributed by atoms with Crippen molar-refractivity contribution in [3.8, 4) is 0 Å². The van der Waals surface area contributed by atoms with Gasteiger partial charge in [0.2, 0.25) is 0 Å². The molecular formula is C12H7BCl3N3O. The highest BCUT2D eigenvalue weighted by atomic mass is 35.5. The minimum Gasteiger partial charge on any atom is -0.427 e. The van der Waals surface area contributed by atoms with E-state index in [2.05, 4.69) is 10.1 Å². The lowest BCUT2D eigenvalue weighted by atomic mass is 9.70. The first kappa shape index (κ1) is 13.7. The van der Waals surface area contributed by atoms with Crippen LogP contribution in [0, 0.1) is 0 Å². The fourth-order valence-electron chi connectivity index (χ4n) is 1.97. The van der Waals surface area contributed by atoms with Gasteiger partial charge in [0.05, 0.1) is 16.3 Å². The number of halogens is 3. The van der Waals surface area contributed by atoms with Crippen LogP contribution in [0.1, 0.15) is 5.56 Å². The second-order valence-corrected chi connectivity index (χ2v) is 5.34. The first-order valence-corrected chi connectivity index (χ1v) is 6.82. The third-order valence-electron chi connectivity index (χ3n) is 2.95. The summed E-state index contributed by atoms with van der Waals surface area (Å²) in [6.07, 6.45) is 3.17. The first-order chi connectivity index (χ1) is 9.58. The zero-order valence-corrected chi connectivity index (χ0v) is 12.2. The van der Waals surface area contributed by atoms with Crippen molar-refractivity contribution >= 4 is 59.2 Å². The molecule has 0 atom stereocenters. The van der Waals surface area contributed by atoms with E-state index in [4.69, 9.17) is 34.8 Å². The van der Waals surface area contributed by atoms with E-state index >= 15 is 0 Å². The SMILES string of the molecule is OB1c2c(ccnc2Cl)C=NN1c1ccc(Cl)c(Cl)c1. The van der Waals surface area contributed by atoms with Gasteiger partial charge in [-0.25, -0.2) is 4.98 Å². The molecule has 2 heterocycles. The van der Waals surface area contributed by atoms with E-state index in [0.29, 0.717) is 21.2 Å². The van der Waals surface area contributed by atoms with E-state index < -0.39 is 7.05 Å². The predicted octanol–water partition coefficient (Wildman–Crippen LogP) is 2.58. The highest BCUT2D eigenvalue weighted by Gasteiger charge is 2.33. The lowest BCUT2D eigenvalue weighted by Gasteiger charge is -2.27. The minimum absolute atomic E-state index is 0.242. The van der Waals surface area contributed by atoms with Crippen LogP contribution in [0.2, 0.25) is 15.2 Å². The Balaban J connectivity index is 2.06. The second kappa shape index (κ2) is 5.26. The minimum atomic E-state index is -1.03. The molecule has 8 heteroatoms. The molecule has 20 heavy (non-hydrogen) atoms. The van der Waals surface area contributed by atoms with Crippen LogP contribution in [0.25, 0.3) is 0 Å². The summed E-state index contributed by atoms with van der Waals surface area (Å²) in [6, 6.07) is 6.71. The molecule has 0 saturated carbocycles. The highest BCUT2D eigenvalue weighted by molar-refractivity contribution is 6.74. The van der Waals surface area contributed by atoms with Crippen LogP contribution in [-0.4, -0.2) is 23.3 Å². The number of nitrogens with zero attached hydrogens (tertiary/aromatic N) is 3. The van der Waals surface area contributed by atoms with Crippen LogP contribution in [0.15, 0.2) is 35.6 Å². The van der Waals surface area contributed by atoms with Gasteiger partial charge in [-0.15, -0.1) is 0 Å². The smallest absolute Gasteiger partial charge is 0.427 e. The summed E-state index contributed by atoms with van der Waals surface area (Å²) in [5.41, 5.74) is 1.85. The van der Waals surface area contributed by atoms with Crippen molar-refractivity contribution in [1.82, 2.24) is 4.98 Å². The van der Waals surface area contributed by atoms with E-state index in [9.17, 15) is 5.02 Å². The lowest BCUT2D eigenvalue weighted by Crippen LogP contribution is -2.51. The molecule has 0 unspecified atom stereocenters. The van der Waals surface area contributed by atoms with Gasteiger partial charge in [-0.05, 0) is 29.8 Å². The zero-order valence-electron chi connectivity index (χ0n) is 9.96. The Kier molecular flexibility index (Phi) is 3.60. The molecular weight excluding hydrogens is 319 g/mol. The van der Waals surface area contributed by atoms with Gasteiger partial charge in [-0.3, -0.25) is 4.92 Å². The molecule has 1 aromatic heterocycles. The Morgan fingerprint density at radius 3 is 2.65 bits per heavy atom. The van der Waals surface area contributed by atoms with Crippen molar-refractivity contribution in [3.05, 3.63) is 51.2 Å². The van der Waals surface area contributed by atoms with E-state index in [-0.39, 0.29) is 5.15 Å². The maximum atomic E-state index is 10.4. The van der Waals surface area contributed by atoms with Gasteiger partial charge in [0, 0.05) is 17.3 Å². The summed E-state index contributed by atoms with van der Waals surface area (Å²) in [4.78, 5) is 5.37. The van der Waals surface area contributed by atoms with E-state index in [0.717, 1.165) is 5.56 Å². The quantitative estimate of drug-likeness (QED) is 0.647. The lowest BCUT2D eigenvalue weighted by molar-refractivity contribution is 0.578. The van der Waals surface area contributed by atoms with Crippen LogP contribution in [0.5, 0.6) is 0 Å². The molecule has 100 valence electrons. The number of rotatable bonds is 1. The first-order valence-electron chi connectivity index (χ1n) is 5.68. The largest absolute Gasteiger partial charge is 0.474 e. The molecule has 1 aromatic carbocycles. The molecule has 1 N–H and O–H groups in total. The number of benzene rings is 1.